The Morgan fingerprint density at radius 2 is 1.65 bits per heavy atom. The van der Waals surface area contributed by atoms with Crippen LogP contribution in [-0.2, 0) is 0 Å². The highest BCUT2D eigenvalue weighted by atomic mass is 19.1. The first kappa shape index (κ1) is 13.9. The number of benzene rings is 2. The van der Waals surface area contributed by atoms with Crippen molar-refractivity contribution in [2.24, 2.45) is 0 Å². The van der Waals surface area contributed by atoms with Crippen LogP contribution in [0.4, 0.5) is 29.3 Å². The molecule has 0 aromatic heterocycles. The van der Waals surface area contributed by atoms with Crippen molar-refractivity contribution in [1.82, 2.24) is 0 Å². The smallest absolute Gasteiger partial charge is 0.307 e. The fourth-order valence-electron chi connectivity index (χ4n) is 1.61. The van der Waals surface area contributed by atoms with E-state index < -0.39 is 23.5 Å². The highest BCUT2D eigenvalue weighted by Gasteiger charge is 2.10. The van der Waals surface area contributed by atoms with E-state index in [1.807, 2.05) is 0 Å². The van der Waals surface area contributed by atoms with Gasteiger partial charge in [0.25, 0.3) is 0 Å². The van der Waals surface area contributed by atoms with E-state index in [-0.39, 0.29) is 16.9 Å². The second kappa shape index (κ2) is 5.64. The highest BCUT2D eigenvalue weighted by molar-refractivity contribution is 6.00. The molecule has 0 heterocycles. The molecule has 2 aromatic carbocycles. The lowest BCUT2D eigenvalue weighted by Gasteiger charge is -2.10. The Bertz CT molecular complexity index is 659. The summed E-state index contributed by atoms with van der Waals surface area (Å²) in [6.07, 6.45) is 0. The Hall–Kier alpha value is -2.50. The van der Waals surface area contributed by atoms with Crippen LogP contribution in [0, 0.1) is 24.4 Å². The first-order valence-electron chi connectivity index (χ1n) is 5.75. The van der Waals surface area contributed by atoms with Crippen molar-refractivity contribution in [3.8, 4) is 0 Å². The second-order valence-corrected chi connectivity index (χ2v) is 4.12. The monoisotopic (exact) mass is 280 g/mol. The largest absolute Gasteiger partial charge is 0.323 e. The number of rotatable bonds is 2. The summed E-state index contributed by atoms with van der Waals surface area (Å²) in [6, 6.07) is 6.25. The molecule has 0 bridgehead atoms. The van der Waals surface area contributed by atoms with Gasteiger partial charge in [0.1, 0.15) is 17.5 Å². The maximum absolute atomic E-state index is 13.4. The van der Waals surface area contributed by atoms with E-state index in [0.29, 0.717) is 6.07 Å². The number of nitrogens with one attached hydrogen (secondary N) is 2. The van der Waals surface area contributed by atoms with E-state index in [0.717, 1.165) is 12.1 Å². The minimum Gasteiger partial charge on any atom is -0.307 e. The molecule has 0 aliphatic rings. The molecule has 2 aromatic rings. The van der Waals surface area contributed by atoms with E-state index in [1.54, 1.807) is 0 Å². The summed E-state index contributed by atoms with van der Waals surface area (Å²) in [5.74, 6) is -2.10. The summed E-state index contributed by atoms with van der Waals surface area (Å²) in [4.78, 5) is 11.7. The number of hydrogen-bond acceptors (Lipinski definition) is 1. The zero-order chi connectivity index (χ0) is 14.7. The van der Waals surface area contributed by atoms with Crippen molar-refractivity contribution in [3.05, 3.63) is 59.4 Å². The van der Waals surface area contributed by atoms with Gasteiger partial charge in [-0.3, -0.25) is 0 Å². The quantitative estimate of drug-likeness (QED) is 0.855. The van der Waals surface area contributed by atoms with Gasteiger partial charge in [-0.15, -0.1) is 0 Å². The molecule has 0 unspecified atom stereocenters. The normalized spacial score (nSPS) is 10.2. The van der Waals surface area contributed by atoms with Gasteiger partial charge in [0.15, 0.2) is 0 Å². The molecule has 0 saturated heterocycles. The van der Waals surface area contributed by atoms with Crippen molar-refractivity contribution in [2.45, 2.75) is 6.92 Å². The van der Waals surface area contributed by atoms with E-state index >= 15 is 0 Å². The number of anilines is 2. The van der Waals surface area contributed by atoms with Crippen LogP contribution in [0.25, 0.3) is 0 Å². The summed E-state index contributed by atoms with van der Waals surface area (Å²) >= 11 is 0. The van der Waals surface area contributed by atoms with Crippen LogP contribution in [0.3, 0.4) is 0 Å². The molecule has 0 fully saturated rings. The maximum atomic E-state index is 13.4. The zero-order valence-electron chi connectivity index (χ0n) is 10.5. The molecular weight excluding hydrogens is 269 g/mol. The number of urea groups is 1. The summed E-state index contributed by atoms with van der Waals surface area (Å²) < 4.78 is 39.4. The minimum atomic E-state index is -0.892. The third-order valence-electron chi connectivity index (χ3n) is 2.70. The first-order valence-corrected chi connectivity index (χ1v) is 5.75. The molecular formula is C14H11F3N2O. The SMILES string of the molecule is Cc1c(F)cccc1NC(=O)Nc1ccc(F)cc1F. The second-order valence-electron chi connectivity index (χ2n) is 4.12. The van der Waals surface area contributed by atoms with Gasteiger partial charge in [-0.05, 0) is 31.2 Å². The minimum absolute atomic E-state index is 0.169. The van der Waals surface area contributed by atoms with Crippen molar-refractivity contribution < 1.29 is 18.0 Å². The van der Waals surface area contributed by atoms with Crippen LogP contribution in [0.5, 0.6) is 0 Å². The van der Waals surface area contributed by atoms with Gasteiger partial charge < -0.3 is 10.6 Å². The van der Waals surface area contributed by atoms with Crippen molar-refractivity contribution >= 4 is 17.4 Å². The predicted molar refractivity (Wildman–Crippen MR) is 70.1 cm³/mol. The van der Waals surface area contributed by atoms with Gasteiger partial charge in [0.05, 0.1) is 5.69 Å². The molecule has 3 nitrogen and oxygen atoms in total. The number of amides is 2. The Labute approximate surface area is 113 Å². The standard InChI is InChI=1S/C14H11F3N2O/c1-8-10(16)3-2-4-12(8)18-14(20)19-13-6-5-9(15)7-11(13)17/h2-7H,1H3,(H2,18,19,20). The van der Waals surface area contributed by atoms with E-state index in [2.05, 4.69) is 10.6 Å². The summed E-state index contributed by atoms with van der Waals surface area (Å²) in [6.45, 7) is 1.50. The third-order valence-corrected chi connectivity index (χ3v) is 2.70. The fraction of sp³-hybridized carbons (Fsp3) is 0.0714. The molecule has 0 saturated carbocycles. The van der Waals surface area contributed by atoms with E-state index in [9.17, 15) is 18.0 Å². The average molecular weight is 280 g/mol. The van der Waals surface area contributed by atoms with Crippen LogP contribution in [0.15, 0.2) is 36.4 Å². The van der Waals surface area contributed by atoms with E-state index in [1.165, 1.54) is 25.1 Å². The van der Waals surface area contributed by atoms with Crippen LogP contribution in [0.1, 0.15) is 5.56 Å². The van der Waals surface area contributed by atoms with Crippen LogP contribution < -0.4 is 10.6 Å². The molecule has 0 spiro atoms. The van der Waals surface area contributed by atoms with Gasteiger partial charge in [0.2, 0.25) is 0 Å². The molecule has 0 radical (unpaired) electrons. The summed E-state index contributed by atoms with van der Waals surface area (Å²) in [7, 11) is 0. The van der Waals surface area contributed by atoms with Gasteiger partial charge in [-0.2, -0.15) is 0 Å². The topological polar surface area (TPSA) is 41.1 Å². The molecule has 0 aliphatic carbocycles. The lowest BCUT2D eigenvalue weighted by molar-refractivity contribution is 0.262. The Morgan fingerprint density at radius 1 is 0.950 bits per heavy atom. The van der Waals surface area contributed by atoms with Crippen LogP contribution in [0.2, 0.25) is 0 Å². The van der Waals surface area contributed by atoms with Crippen molar-refractivity contribution in [1.29, 1.82) is 0 Å². The molecule has 2 rings (SSSR count). The van der Waals surface area contributed by atoms with Gasteiger partial charge in [0, 0.05) is 17.3 Å². The lowest BCUT2D eigenvalue weighted by Crippen LogP contribution is -2.20. The zero-order valence-corrected chi connectivity index (χ0v) is 10.5. The predicted octanol–water partition coefficient (Wildman–Crippen LogP) is 4.06. The Balaban J connectivity index is 2.11. The van der Waals surface area contributed by atoms with E-state index in [4.69, 9.17) is 0 Å². The Kier molecular flexibility index (Phi) is 3.93. The molecule has 6 heteroatoms. The molecule has 104 valence electrons. The number of carbonyl (C=O) groups excluding carboxylic acids is 1. The number of carbonyl (C=O) groups is 1. The molecule has 20 heavy (non-hydrogen) atoms. The molecule has 0 atom stereocenters. The molecule has 0 aliphatic heterocycles. The summed E-state index contributed by atoms with van der Waals surface area (Å²) in [5, 5.41) is 4.61. The van der Waals surface area contributed by atoms with Crippen molar-refractivity contribution in [2.75, 3.05) is 10.6 Å². The third kappa shape index (κ3) is 3.09. The average Bonchev–Trinajstić information content (AvgIpc) is 2.38. The molecule has 2 amide bonds. The van der Waals surface area contributed by atoms with Gasteiger partial charge in [-0.25, -0.2) is 18.0 Å². The fourth-order valence-corrected chi connectivity index (χ4v) is 1.61. The van der Waals surface area contributed by atoms with Crippen LogP contribution >= 0.6 is 0 Å². The highest BCUT2D eigenvalue weighted by Crippen LogP contribution is 2.19. The van der Waals surface area contributed by atoms with Gasteiger partial charge in [-0.1, -0.05) is 6.07 Å². The summed E-state index contributed by atoms with van der Waals surface area (Å²) in [5.41, 5.74) is 0.366. The lowest BCUT2D eigenvalue weighted by atomic mass is 10.2. The first-order chi connectivity index (χ1) is 9.47. The van der Waals surface area contributed by atoms with Gasteiger partial charge >= 0.3 is 6.03 Å². The number of halogens is 3. The van der Waals surface area contributed by atoms with Crippen LogP contribution in [-0.4, -0.2) is 6.03 Å². The Morgan fingerprint density at radius 3 is 2.35 bits per heavy atom. The maximum Gasteiger partial charge on any atom is 0.323 e. The number of hydrogen-bond donors (Lipinski definition) is 2. The molecule has 2 N–H and O–H groups in total. The van der Waals surface area contributed by atoms with Crippen molar-refractivity contribution in [3.63, 3.8) is 0 Å².